The van der Waals surface area contributed by atoms with E-state index in [4.69, 9.17) is 9.47 Å². The van der Waals surface area contributed by atoms with E-state index in [0.29, 0.717) is 32.8 Å². The lowest BCUT2D eigenvalue weighted by atomic mass is 10.2. The third-order valence-electron chi connectivity index (χ3n) is 3.52. The SMILES string of the molecule is CCOC(=O)N1CCN(C(=O)C2COC(=O)N2C)CC1. The first-order chi connectivity index (χ1) is 9.54. The summed E-state index contributed by atoms with van der Waals surface area (Å²) in [4.78, 5) is 39.6. The number of nitrogens with zero attached hydrogens (tertiary/aromatic N) is 3. The molecule has 0 aromatic heterocycles. The second-order valence-corrected chi connectivity index (χ2v) is 4.71. The van der Waals surface area contributed by atoms with Crippen molar-refractivity contribution in [2.45, 2.75) is 13.0 Å². The summed E-state index contributed by atoms with van der Waals surface area (Å²) in [6.07, 6.45) is -0.829. The lowest BCUT2D eigenvalue weighted by Gasteiger charge is -2.35. The van der Waals surface area contributed by atoms with Crippen LogP contribution in [0.1, 0.15) is 6.92 Å². The first kappa shape index (κ1) is 14.4. The third-order valence-corrected chi connectivity index (χ3v) is 3.52. The van der Waals surface area contributed by atoms with E-state index in [1.165, 1.54) is 4.90 Å². The minimum absolute atomic E-state index is 0.0895. The van der Waals surface area contributed by atoms with E-state index < -0.39 is 12.1 Å². The van der Waals surface area contributed by atoms with Crippen molar-refractivity contribution < 1.29 is 23.9 Å². The Kier molecular flexibility index (Phi) is 4.31. The number of carbonyl (C=O) groups excluding carboxylic acids is 3. The predicted octanol–water partition coefficient (Wildman–Crippen LogP) is -0.262. The Balaban J connectivity index is 1.86. The fourth-order valence-corrected chi connectivity index (χ4v) is 2.26. The topological polar surface area (TPSA) is 79.4 Å². The molecule has 2 aliphatic rings. The van der Waals surface area contributed by atoms with E-state index in [2.05, 4.69) is 0 Å². The lowest BCUT2D eigenvalue weighted by molar-refractivity contribution is -0.136. The number of hydrogen-bond acceptors (Lipinski definition) is 5. The molecule has 0 aromatic carbocycles. The van der Waals surface area contributed by atoms with Gasteiger partial charge in [0.25, 0.3) is 0 Å². The zero-order valence-electron chi connectivity index (χ0n) is 11.7. The highest BCUT2D eigenvalue weighted by Crippen LogP contribution is 2.14. The highest BCUT2D eigenvalue weighted by molar-refractivity contribution is 5.88. The van der Waals surface area contributed by atoms with Gasteiger partial charge in [-0.3, -0.25) is 9.69 Å². The van der Waals surface area contributed by atoms with Crippen LogP contribution in [-0.2, 0) is 14.3 Å². The maximum atomic E-state index is 12.3. The summed E-state index contributed by atoms with van der Waals surface area (Å²) in [7, 11) is 1.55. The zero-order valence-corrected chi connectivity index (χ0v) is 11.7. The van der Waals surface area contributed by atoms with Crippen molar-refractivity contribution in [3.05, 3.63) is 0 Å². The number of carbonyl (C=O) groups is 3. The van der Waals surface area contributed by atoms with Crippen molar-refractivity contribution in [3.8, 4) is 0 Å². The van der Waals surface area contributed by atoms with Crippen LogP contribution in [0.4, 0.5) is 9.59 Å². The summed E-state index contributed by atoms with van der Waals surface area (Å²) >= 11 is 0. The number of rotatable bonds is 2. The van der Waals surface area contributed by atoms with E-state index in [9.17, 15) is 14.4 Å². The molecule has 2 rings (SSSR count). The van der Waals surface area contributed by atoms with Gasteiger partial charge in [0.2, 0.25) is 5.91 Å². The van der Waals surface area contributed by atoms with Crippen LogP contribution < -0.4 is 0 Å². The molecule has 0 aromatic rings. The molecule has 0 N–H and O–H groups in total. The molecule has 1 atom stereocenters. The van der Waals surface area contributed by atoms with Gasteiger partial charge in [0, 0.05) is 33.2 Å². The molecule has 2 heterocycles. The molecule has 2 aliphatic heterocycles. The van der Waals surface area contributed by atoms with Crippen molar-refractivity contribution in [2.75, 3.05) is 46.4 Å². The Morgan fingerprint density at radius 1 is 1.25 bits per heavy atom. The van der Waals surface area contributed by atoms with Crippen LogP contribution in [0.25, 0.3) is 0 Å². The zero-order chi connectivity index (χ0) is 14.7. The Hall–Kier alpha value is -1.99. The van der Waals surface area contributed by atoms with Crippen LogP contribution in [0, 0.1) is 0 Å². The van der Waals surface area contributed by atoms with Crippen LogP contribution in [0.5, 0.6) is 0 Å². The molecule has 20 heavy (non-hydrogen) atoms. The molecule has 0 aliphatic carbocycles. The van der Waals surface area contributed by atoms with E-state index in [1.807, 2.05) is 0 Å². The van der Waals surface area contributed by atoms with E-state index in [1.54, 1.807) is 23.8 Å². The van der Waals surface area contributed by atoms with Crippen LogP contribution in [0.2, 0.25) is 0 Å². The Morgan fingerprint density at radius 3 is 2.35 bits per heavy atom. The van der Waals surface area contributed by atoms with Crippen molar-refractivity contribution in [1.29, 1.82) is 0 Å². The Labute approximate surface area is 117 Å². The van der Waals surface area contributed by atoms with Gasteiger partial charge in [-0.1, -0.05) is 0 Å². The van der Waals surface area contributed by atoms with Crippen LogP contribution in [0.15, 0.2) is 0 Å². The molecule has 0 radical (unpaired) electrons. The molecule has 0 spiro atoms. The highest BCUT2D eigenvalue weighted by atomic mass is 16.6. The Morgan fingerprint density at radius 2 is 1.85 bits per heavy atom. The number of cyclic esters (lactones) is 1. The predicted molar refractivity (Wildman–Crippen MR) is 68.1 cm³/mol. The minimum Gasteiger partial charge on any atom is -0.450 e. The maximum Gasteiger partial charge on any atom is 0.410 e. The second kappa shape index (κ2) is 5.98. The summed E-state index contributed by atoms with van der Waals surface area (Å²) < 4.78 is 9.75. The van der Waals surface area contributed by atoms with E-state index in [-0.39, 0.29) is 18.6 Å². The lowest BCUT2D eigenvalue weighted by Crippen LogP contribution is -2.55. The van der Waals surface area contributed by atoms with Gasteiger partial charge in [0.15, 0.2) is 0 Å². The second-order valence-electron chi connectivity index (χ2n) is 4.71. The van der Waals surface area contributed by atoms with Crippen LogP contribution >= 0.6 is 0 Å². The quantitative estimate of drug-likeness (QED) is 0.698. The summed E-state index contributed by atoms with van der Waals surface area (Å²) in [6.45, 7) is 3.94. The summed E-state index contributed by atoms with van der Waals surface area (Å²) in [5, 5.41) is 0. The van der Waals surface area contributed by atoms with Gasteiger partial charge in [0.1, 0.15) is 12.6 Å². The molecule has 112 valence electrons. The van der Waals surface area contributed by atoms with Gasteiger partial charge >= 0.3 is 12.2 Å². The molecule has 0 saturated carbocycles. The molecule has 8 heteroatoms. The van der Waals surface area contributed by atoms with Crippen molar-refractivity contribution in [1.82, 2.24) is 14.7 Å². The number of likely N-dealkylation sites (N-methyl/N-ethyl adjacent to an activating group) is 1. The minimum atomic E-state index is -0.559. The largest absolute Gasteiger partial charge is 0.450 e. The standard InChI is InChI=1S/C12H19N3O5/c1-3-19-12(18)15-6-4-14(5-7-15)10(16)9-8-20-11(17)13(9)2/h9H,3-8H2,1-2H3. The van der Waals surface area contributed by atoms with Gasteiger partial charge in [-0.05, 0) is 6.92 Å². The van der Waals surface area contributed by atoms with Gasteiger partial charge < -0.3 is 19.3 Å². The average molecular weight is 285 g/mol. The Bertz CT molecular complexity index is 406. The van der Waals surface area contributed by atoms with Crippen molar-refractivity contribution >= 4 is 18.1 Å². The molecule has 3 amide bonds. The molecule has 8 nitrogen and oxygen atoms in total. The van der Waals surface area contributed by atoms with Crippen molar-refractivity contribution in [3.63, 3.8) is 0 Å². The number of piperazine rings is 1. The molecule has 0 bridgehead atoms. The maximum absolute atomic E-state index is 12.3. The summed E-state index contributed by atoms with van der Waals surface area (Å²) in [6, 6.07) is -0.559. The van der Waals surface area contributed by atoms with Gasteiger partial charge in [-0.25, -0.2) is 9.59 Å². The summed E-state index contributed by atoms with van der Waals surface area (Å²) in [5.41, 5.74) is 0. The summed E-state index contributed by atoms with van der Waals surface area (Å²) in [5.74, 6) is -0.137. The molecular weight excluding hydrogens is 266 g/mol. The first-order valence-corrected chi connectivity index (χ1v) is 6.64. The van der Waals surface area contributed by atoms with E-state index >= 15 is 0 Å². The van der Waals surface area contributed by atoms with Crippen LogP contribution in [-0.4, -0.2) is 85.3 Å². The monoisotopic (exact) mass is 285 g/mol. The normalized spacial score (nSPS) is 22.8. The van der Waals surface area contributed by atoms with Crippen molar-refractivity contribution in [2.24, 2.45) is 0 Å². The third kappa shape index (κ3) is 2.78. The molecular formula is C12H19N3O5. The molecule has 2 saturated heterocycles. The first-order valence-electron chi connectivity index (χ1n) is 6.64. The molecule has 1 unspecified atom stereocenters. The average Bonchev–Trinajstić information content (AvgIpc) is 2.79. The fourth-order valence-electron chi connectivity index (χ4n) is 2.26. The van der Waals surface area contributed by atoms with Gasteiger partial charge in [-0.2, -0.15) is 0 Å². The highest BCUT2D eigenvalue weighted by Gasteiger charge is 2.38. The number of amides is 3. The smallest absolute Gasteiger partial charge is 0.410 e. The molecule has 2 fully saturated rings. The van der Waals surface area contributed by atoms with Crippen LogP contribution in [0.3, 0.4) is 0 Å². The number of ether oxygens (including phenoxy) is 2. The van der Waals surface area contributed by atoms with E-state index in [0.717, 1.165) is 0 Å². The number of hydrogen-bond donors (Lipinski definition) is 0. The fraction of sp³-hybridized carbons (Fsp3) is 0.750. The van der Waals surface area contributed by atoms with Gasteiger partial charge in [0.05, 0.1) is 6.61 Å². The van der Waals surface area contributed by atoms with Gasteiger partial charge in [-0.15, -0.1) is 0 Å².